The summed E-state index contributed by atoms with van der Waals surface area (Å²) in [4.78, 5) is 14.5. The second kappa shape index (κ2) is 5.17. The average molecular weight is 310 g/mol. The molecule has 22 heavy (non-hydrogen) atoms. The van der Waals surface area contributed by atoms with E-state index < -0.39 is 11.8 Å². The Hall–Kier alpha value is -0.680. The van der Waals surface area contributed by atoms with Crippen LogP contribution in [0, 0.1) is 17.8 Å². The molecular weight excluding hydrogens is 283 g/mol. The fourth-order valence-electron chi connectivity index (χ4n) is 5.76. The van der Waals surface area contributed by atoms with Gasteiger partial charge in [-0.05, 0) is 63.2 Å². The van der Waals surface area contributed by atoms with E-state index in [9.17, 15) is 14.3 Å². The number of nitrogens with zero attached hydrogens (tertiary/aromatic N) is 1. The van der Waals surface area contributed by atoms with Crippen molar-refractivity contribution in [1.82, 2.24) is 10.2 Å². The first kappa shape index (κ1) is 14.9. The lowest BCUT2D eigenvalue weighted by Gasteiger charge is -2.58. The molecular formula is C17H27FN2O2. The predicted octanol–water partition coefficient (Wildman–Crippen LogP) is 1.47. The lowest BCUT2D eigenvalue weighted by atomic mass is 9.52. The van der Waals surface area contributed by atoms with Crippen LogP contribution in [0.1, 0.15) is 45.4 Å². The summed E-state index contributed by atoms with van der Waals surface area (Å²) in [6.45, 7) is 2.94. The molecule has 5 aliphatic rings. The van der Waals surface area contributed by atoms with Crippen LogP contribution in [-0.4, -0.2) is 52.9 Å². The van der Waals surface area contributed by atoms with Crippen LogP contribution in [-0.2, 0) is 4.79 Å². The molecule has 2 N–H and O–H groups in total. The van der Waals surface area contributed by atoms with Gasteiger partial charge in [-0.2, -0.15) is 0 Å². The third kappa shape index (κ3) is 2.46. The van der Waals surface area contributed by atoms with E-state index in [1.807, 2.05) is 11.8 Å². The zero-order valence-corrected chi connectivity index (χ0v) is 13.3. The van der Waals surface area contributed by atoms with Crippen LogP contribution in [0.5, 0.6) is 0 Å². The van der Waals surface area contributed by atoms with Gasteiger partial charge in [0, 0.05) is 19.1 Å². The third-order valence-corrected chi connectivity index (χ3v) is 6.64. The lowest BCUT2D eigenvalue weighted by Crippen LogP contribution is -2.63. The second-order valence-corrected chi connectivity index (χ2v) is 8.29. The molecule has 7 atom stereocenters. The molecule has 0 spiro atoms. The molecule has 5 rings (SSSR count). The molecule has 0 radical (unpaired) electrons. The molecule has 4 bridgehead atoms. The molecule has 1 heterocycles. The Balaban J connectivity index is 1.40. The number of hydrogen-bond donors (Lipinski definition) is 2. The topological polar surface area (TPSA) is 52.6 Å². The molecule has 0 aromatic heterocycles. The van der Waals surface area contributed by atoms with Gasteiger partial charge in [-0.3, -0.25) is 9.69 Å². The maximum Gasteiger partial charge on any atom is 0.237 e. The van der Waals surface area contributed by atoms with Crippen molar-refractivity contribution < 1.29 is 14.3 Å². The van der Waals surface area contributed by atoms with Crippen molar-refractivity contribution in [1.29, 1.82) is 0 Å². The minimum atomic E-state index is -0.786. The van der Waals surface area contributed by atoms with Crippen molar-refractivity contribution in [3.8, 4) is 0 Å². The molecule has 0 aromatic rings. The molecule has 1 saturated heterocycles. The Morgan fingerprint density at radius 1 is 1.32 bits per heavy atom. The highest BCUT2D eigenvalue weighted by molar-refractivity contribution is 5.81. The molecule has 4 saturated carbocycles. The van der Waals surface area contributed by atoms with Crippen LogP contribution in [0.15, 0.2) is 0 Å². The number of halogens is 1. The van der Waals surface area contributed by atoms with Crippen molar-refractivity contribution in [3.05, 3.63) is 0 Å². The summed E-state index contributed by atoms with van der Waals surface area (Å²) >= 11 is 0. The zero-order valence-electron chi connectivity index (χ0n) is 13.3. The van der Waals surface area contributed by atoms with Gasteiger partial charge in [-0.1, -0.05) is 0 Å². The van der Waals surface area contributed by atoms with Gasteiger partial charge in [0.05, 0.1) is 11.6 Å². The van der Waals surface area contributed by atoms with Crippen LogP contribution < -0.4 is 5.32 Å². The van der Waals surface area contributed by atoms with E-state index in [4.69, 9.17) is 0 Å². The summed E-state index contributed by atoms with van der Waals surface area (Å²) in [6.07, 6.45) is 4.70. The van der Waals surface area contributed by atoms with E-state index in [1.165, 1.54) is 0 Å². The predicted molar refractivity (Wildman–Crippen MR) is 81.0 cm³/mol. The first-order valence-corrected chi connectivity index (χ1v) is 8.84. The van der Waals surface area contributed by atoms with Crippen LogP contribution in [0.4, 0.5) is 4.39 Å². The Morgan fingerprint density at radius 2 is 2.00 bits per heavy atom. The number of carbonyl (C=O) groups excluding carboxylic acids is 1. The number of carbonyl (C=O) groups is 1. The number of amides is 1. The Bertz CT molecular complexity index is 456. The molecule has 4 nitrogen and oxygen atoms in total. The number of aliphatic hydroxyl groups is 1. The number of hydrogen-bond acceptors (Lipinski definition) is 3. The van der Waals surface area contributed by atoms with Gasteiger partial charge in [-0.15, -0.1) is 0 Å². The standard InChI is InChI=1S/C17H27FN2O2/c1-10(20-3-2-14(18)9-20)16(21)19-15-12-4-11-5-13(15)8-17(22,6-11)7-12/h10-15,22H,2-9H2,1H3,(H,19,21)/t10-,11?,12-,13+,14+,15?,17?/m0/s1. The van der Waals surface area contributed by atoms with E-state index in [1.54, 1.807) is 0 Å². The number of likely N-dealkylation sites (tertiary alicyclic amines) is 1. The number of nitrogens with one attached hydrogen (secondary N) is 1. The van der Waals surface area contributed by atoms with Crippen LogP contribution in [0.3, 0.4) is 0 Å². The average Bonchev–Trinajstić information content (AvgIpc) is 2.86. The van der Waals surface area contributed by atoms with E-state index in [0.717, 1.165) is 32.1 Å². The van der Waals surface area contributed by atoms with Gasteiger partial charge in [0.2, 0.25) is 5.91 Å². The second-order valence-electron chi connectivity index (χ2n) is 8.29. The van der Waals surface area contributed by atoms with E-state index in [0.29, 0.717) is 37.3 Å². The third-order valence-electron chi connectivity index (χ3n) is 6.64. The Kier molecular flexibility index (Phi) is 3.49. The quantitative estimate of drug-likeness (QED) is 0.830. The highest BCUT2D eigenvalue weighted by Gasteiger charge is 2.55. The molecule has 3 unspecified atom stereocenters. The Labute approximate surface area is 131 Å². The molecule has 0 aromatic carbocycles. The summed E-state index contributed by atoms with van der Waals surface area (Å²) in [6, 6.07) is -0.0309. The SMILES string of the molecule is C[C@@H](C(=O)NC1[C@@H]2CC3C[C@H]1CC(O)(C3)C2)N1CC[C@@H](F)C1. The molecule has 1 amide bonds. The zero-order chi connectivity index (χ0) is 15.5. The number of rotatable bonds is 3. The fraction of sp³-hybridized carbons (Fsp3) is 0.941. The van der Waals surface area contributed by atoms with Gasteiger partial charge in [0.15, 0.2) is 0 Å². The minimum Gasteiger partial charge on any atom is -0.390 e. The summed E-state index contributed by atoms with van der Waals surface area (Å²) in [5.74, 6) is 1.55. The summed E-state index contributed by atoms with van der Waals surface area (Å²) < 4.78 is 13.3. The largest absolute Gasteiger partial charge is 0.390 e. The first-order valence-electron chi connectivity index (χ1n) is 8.84. The molecule has 1 aliphatic heterocycles. The lowest BCUT2D eigenvalue weighted by molar-refractivity contribution is -0.148. The first-order chi connectivity index (χ1) is 10.4. The van der Waals surface area contributed by atoms with E-state index in [2.05, 4.69) is 5.32 Å². The van der Waals surface area contributed by atoms with E-state index >= 15 is 0 Å². The van der Waals surface area contributed by atoms with E-state index in [-0.39, 0.29) is 18.0 Å². The van der Waals surface area contributed by atoms with Crippen LogP contribution in [0.25, 0.3) is 0 Å². The van der Waals surface area contributed by atoms with Crippen LogP contribution >= 0.6 is 0 Å². The highest BCUT2D eigenvalue weighted by atomic mass is 19.1. The molecule has 4 aliphatic carbocycles. The number of alkyl halides is 1. The van der Waals surface area contributed by atoms with Gasteiger partial charge in [-0.25, -0.2) is 4.39 Å². The van der Waals surface area contributed by atoms with Gasteiger partial charge in [0.25, 0.3) is 0 Å². The van der Waals surface area contributed by atoms with Crippen LogP contribution in [0.2, 0.25) is 0 Å². The highest BCUT2D eigenvalue weighted by Crippen LogP contribution is 2.55. The summed E-state index contributed by atoms with van der Waals surface area (Å²) in [5, 5.41) is 13.9. The maximum atomic E-state index is 13.3. The van der Waals surface area contributed by atoms with Crippen molar-refractivity contribution in [3.63, 3.8) is 0 Å². The smallest absolute Gasteiger partial charge is 0.237 e. The molecule has 5 heteroatoms. The molecule has 124 valence electrons. The summed E-state index contributed by atoms with van der Waals surface area (Å²) in [7, 11) is 0. The summed E-state index contributed by atoms with van der Waals surface area (Å²) in [5.41, 5.74) is -0.459. The normalized spacial score (nSPS) is 48.6. The Morgan fingerprint density at radius 3 is 2.55 bits per heavy atom. The fourth-order valence-corrected chi connectivity index (χ4v) is 5.76. The van der Waals surface area contributed by atoms with Gasteiger partial charge >= 0.3 is 0 Å². The van der Waals surface area contributed by atoms with Crippen molar-refractivity contribution in [2.45, 2.75) is 69.3 Å². The monoisotopic (exact) mass is 310 g/mol. The van der Waals surface area contributed by atoms with Crippen molar-refractivity contribution >= 4 is 5.91 Å². The van der Waals surface area contributed by atoms with Crippen molar-refractivity contribution in [2.75, 3.05) is 13.1 Å². The van der Waals surface area contributed by atoms with Gasteiger partial charge < -0.3 is 10.4 Å². The maximum absolute atomic E-state index is 13.3. The minimum absolute atomic E-state index is 0.0403. The van der Waals surface area contributed by atoms with Gasteiger partial charge in [0.1, 0.15) is 6.17 Å². The molecule has 5 fully saturated rings. The van der Waals surface area contributed by atoms with Crippen molar-refractivity contribution in [2.24, 2.45) is 17.8 Å².